The van der Waals surface area contributed by atoms with Crippen molar-refractivity contribution < 1.29 is 9.31 Å². The van der Waals surface area contributed by atoms with Gasteiger partial charge in [0, 0.05) is 0 Å². The van der Waals surface area contributed by atoms with Crippen LogP contribution in [0.25, 0.3) is 11.0 Å². The smallest absolute Gasteiger partial charge is 0.399 e. The van der Waals surface area contributed by atoms with Gasteiger partial charge in [0.25, 0.3) is 0 Å². The van der Waals surface area contributed by atoms with Crippen molar-refractivity contribution in [3.63, 3.8) is 0 Å². The second-order valence-corrected chi connectivity index (χ2v) is 7.99. The van der Waals surface area contributed by atoms with Gasteiger partial charge >= 0.3 is 7.12 Å². The number of piperidine rings is 1. The third-order valence-electron chi connectivity index (χ3n) is 5.69. The first kappa shape index (κ1) is 16.1. The van der Waals surface area contributed by atoms with Crippen LogP contribution in [0.4, 0.5) is 0 Å². The fourth-order valence-corrected chi connectivity index (χ4v) is 3.42. The van der Waals surface area contributed by atoms with E-state index in [1.807, 2.05) is 0 Å². The lowest BCUT2D eigenvalue weighted by atomic mass is 9.79. The molecule has 0 spiro atoms. The molecule has 1 aromatic carbocycles. The van der Waals surface area contributed by atoms with E-state index in [-0.39, 0.29) is 18.3 Å². The van der Waals surface area contributed by atoms with Gasteiger partial charge in [0.1, 0.15) is 5.82 Å². The molecule has 2 aliphatic heterocycles. The summed E-state index contributed by atoms with van der Waals surface area (Å²) in [5, 5.41) is 3.54. The number of nitrogens with zero attached hydrogens (tertiary/aromatic N) is 1. The van der Waals surface area contributed by atoms with Gasteiger partial charge in [-0.3, -0.25) is 0 Å². The van der Waals surface area contributed by atoms with Crippen LogP contribution in [0.2, 0.25) is 0 Å². The van der Waals surface area contributed by atoms with Crippen molar-refractivity contribution in [2.24, 2.45) is 0 Å². The van der Waals surface area contributed by atoms with Crippen molar-refractivity contribution in [1.82, 2.24) is 15.3 Å². The number of benzene rings is 1. The number of rotatable bonds is 2. The maximum absolute atomic E-state index is 6.15. The molecule has 2 fully saturated rings. The average Bonchev–Trinajstić information content (AvgIpc) is 3.06. The number of nitrogens with one attached hydrogen (secondary N) is 2. The Labute approximate surface area is 143 Å². The van der Waals surface area contributed by atoms with Gasteiger partial charge in [-0.05, 0) is 64.7 Å². The number of fused-ring (bicyclic) bond motifs is 1. The van der Waals surface area contributed by atoms with Gasteiger partial charge in [0.2, 0.25) is 0 Å². The minimum absolute atomic E-state index is 0.322. The van der Waals surface area contributed by atoms with E-state index >= 15 is 0 Å². The Hall–Kier alpha value is -1.37. The molecule has 0 saturated carbocycles. The van der Waals surface area contributed by atoms with E-state index in [9.17, 15) is 0 Å². The van der Waals surface area contributed by atoms with E-state index in [0.717, 1.165) is 35.3 Å². The zero-order chi connectivity index (χ0) is 16.9. The molecule has 1 aromatic heterocycles. The topological polar surface area (TPSA) is 59.2 Å². The lowest BCUT2D eigenvalue weighted by molar-refractivity contribution is 0.00578. The monoisotopic (exact) mass is 327 g/mol. The average molecular weight is 327 g/mol. The Kier molecular flexibility index (Phi) is 3.75. The highest BCUT2D eigenvalue weighted by Gasteiger charge is 2.51. The Morgan fingerprint density at radius 1 is 1.12 bits per heavy atom. The third-order valence-corrected chi connectivity index (χ3v) is 5.69. The van der Waals surface area contributed by atoms with Crippen LogP contribution in [-0.2, 0) is 9.31 Å². The number of hydrogen-bond donors (Lipinski definition) is 2. The number of imidazole rings is 1. The summed E-state index contributed by atoms with van der Waals surface area (Å²) < 4.78 is 12.3. The van der Waals surface area contributed by atoms with Crippen molar-refractivity contribution in [2.45, 2.75) is 64.2 Å². The Bertz CT molecular complexity index is 734. The van der Waals surface area contributed by atoms with Crippen LogP contribution in [0.1, 0.15) is 58.8 Å². The molecule has 4 rings (SSSR count). The van der Waals surface area contributed by atoms with E-state index in [1.54, 1.807) is 0 Å². The van der Waals surface area contributed by atoms with Crippen LogP contribution in [-0.4, -0.2) is 34.8 Å². The molecule has 2 aliphatic rings. The van der Waals surface area contributed by atoms with E-state index in [1.165, 1.54) is 12.8 Å². The van der Waals surface area contributed by atoms with Crippen LogP contribution in [0.15, 0.2) is 18.2 Å². The molecule has 2 N–H and O–H groups in total. The lowest BCUT2D eigenvalue weighted by Crippen LogP contribution is -2.41. The van der Waals surface area contributed by atoms with E-state index in [4.69, 9.17) is 14.3 Å². The van der Waals surface area contributed by atoms with Gasteiger partial charge in [-0.1, -0.05) is 12.5 Å². The number of hydrogen-bond acceptors (Lipinski definition) is 4. The van der Waals surface area contributed by atoms with Gasteiger partial charge < -0.3 is 19.6 Å². The second-order valence-electron chi connectivity index (χ2n) is 7.99. The van der Waals surface area contributed by atoms with Crippen LogP contribution < -0.4 is 10.8 Å². The van der Waals surface area contributed by atoms with Crippen LogP contribution >= 0.6 is 0 Å². The van der Waals surface area contributed by atoms with E-state index in [2.05, 4.69) is 56.2 Å². The quantitative estimate of drug-likeness (QED) is 0.833. The molecule has 0 radical (unpaired) electrons. The van der Waals surface area contributed by atoms with Crippen molar-refractivity contribution in [3.05, 3.63) is 24.0 Å². The first-order valence-corrected chi connectivity index (χ1v) is 8.94. The van der Waals surface area contributed by atoms with E-state index < -0.39 is 0 Å². The number of H-pyrrole nitrogens is 1. The van der Waals surface area contributed by atoms with Crippen molar-refractivity contribution in [3.8, 4) is 0 Å². The maximum atomic E-state index is 6.15. The summed E-state index contributed by atoms with van der Waals surface area (Å²) in [6.07, 6.45) is 3.65. The van der Waals surface area contributed by atoms with Crippen molar-refractivity contribution in [2.75, 3.05) is 6.54 Å². The van der Waals surface area contributed by atoms with Crippen LogP contribution in [0.3, 0.4) is 0 Å². The maximum Gasteiger partial charge on any atom is 0.494 e. The summed E-state index contributed by atoms with van der Waals surface area (Å²) in [4.78, 5) is 8.25. The van der Waals surface area contributed by atoms with Gasteiger partial charge in [0.05, 0.1) is 28.3 Å². The molecule has 0 amide bonds. The zero-order valence-corrected chi connectivity index (χ0v) is 15.0. The number of aromatic nitrogens is 2. The fourth-order valence-electron chi connectivity index (χ4n) is 3.42. The normalized spacial score (nSPS) is 26.2. The molecule has 0 bridgehead atoms. The standard InChI is InChI=1S/C18H26BN3O2/c1-17(2)18(3,4)24-19(23-17)12-8-9-13-15(11-12)22-16(21-13)14-7-5-6-10-20-14/h8-9,11,14,20H,5-7,10H2,1-4H3,(H,21,22). The van der Waals surface area contributed by atoms with Crippen molar-refractivity contribution >= 4 is 23.6 Å². The fraction of sp³-hybridized carbons (Fsp3) is 0.611. The van der Waals surface area contributed by atoms with E-state index in [0.29, 0.717) is 6.04 Å². The molecule has 128 valence electrons. The van der Waals surface area contributed by atoms with Crippen LogP contribution in [0, 0.1) is 0 Å². The Morgan fingerprint density at radius 2 is 1.88 bits per heavy atom. The third kappa shape index (κ3) is 2.67. The highest BCUT2D eigenvalue weighted by Crippen LogP contribution is 2.36. The second kappa shape index (κ2) is 5.58. The molecule has 6 heteroatoms. The summed E-state index contributed by atoms with van der Waals surface area (Å²) in [6, 6.07) is 6.56. The molecule has 1 unspecified atom stereocenters. The summed E-state index contributed by atoms with van der Waals surface area (Å²) in [7, 11) is -0.334. The summed E-state index contributed by atoms with van der Waals surface area (Å²) in [5.41, 5.74) is 2.44. The van der Waals surface area contributed by atoms with Crippen LogP contribution in [0.5, 0.6) is 0 Å². The Morgan fingerprint density at radius 3 is 2.54 bits per heavy atom. The predicted octanol–water partition coefficient (Wildman–Crippen LogP) is 2.68. The van der Waals surface area contributed by atoms with Gasteiger partial charge in [-0.15, -0.1) is 0 Å². The highest BCUT2D eigenvalue weighted by molar-refractivity contribution is 6.62. The molecule has 0 aliphatic carbocycles. The van der Waals surface area contributed by atoms with Gasteiger partial charge in [0.15, 0.2) is 0 Å². The molecule has 5 nitrogen and oxygen atoms in total. The molecule has 3 heterocycles. The molecule has 24 heavy (non-hydrogen) atoms. The first-order chi connectivity index (χ1) is 11.4. The first-order valence-electron chi connectivity index (χ1n) is 8.94. The lowest BCUT2D eigenvalue weighted by Gasteiger charge is -2.32. The van der Waals surface area contributed by atoms with Gasteiger partial charge in [-0.2, -0.15) is 0 Å². The van der Waals surface area contributed by atoms with Gasteiger partial charge in [-0.25, -0.2) is 4.98 Å². The molecular formula is C18H26BN3O2. The molecular weight excluding hydrogens is 301 g/mol. The van der Waals surface area contributed by atoms with Crippen molar-refractivity contribution in [1.29, 1.82) is 0 Å². The zero-order valence-electron chi connectivity index (χ0n) is 15.0. The minimum atomic E-state index is -0.334. The number of aromatic amines is 1. The SMILES string of the molecule is CC1(C)OB(c2ccc3nc(C4CCCCN4)[nH]c3c2)OC1(C)C. The summed E-state index contributed by atoms with van der Waals surface area (Å²) >= 11 is 0. The predicted molar refractivity (Wildman–Crippen MR) is 96.4 cm³/mol. The Balaban J connectivity index is 1.62. The molecule has 2 aromatic rings. The highest BCUT2D eigenvalue weighted by atomic mass is 16.7. The molecule has 1 atom stereocenters. The summed E-state index contributed by atoms with van der Waals surface area (Å²) in [6.45, 7) is 9.38. The summed E-state index contributed by atoms with van der Waals surface area (Å²) in [5.74, 6) is 1.04. The largest absolute Gasteiger partial charge is 0.494 e. The molecule has 2 saturated heterocycles. The minimum Gasteiger partial charge on any atom is -0.399 e.